The van der Waals surface area contributed by atoms with Crippen LogP contribution in [0.4, 0.5) is 0 Å². The van der Waals surface area contributed by atoms with Crippen molar-refractivity contribution < 1.29 is 4.74 Å². The predicted octanol–water partition coefficient (Wildman–Crippen LogP) is 5.51. The Morgan fingerprint density at radius 3 is 2.50 bits per heavy atom. The Morgan fingerprint density at radius 2 is 1.62 bits per heavy atom. The third-order valence-electron chi connectivity index (χ3n) is 6.73. The molecule has 2 aromatic rings. The van der Waals surface area contributed by atoms with E-state index in [4.69, 9.17) is 4.74 Å². The van der Waals surface area contributed by atoms with E-state index in [-0.39, 0.29) is 0 Å². The molecule has 2 atom stereocenters. The average molecular weight is 316 g/mol. The molecule has 0 radical (unpaired) electrons. The molecule has 0 N–H and O–H groups in total. The summed E-state index contributed by atoms with van der Waals surface area (Å²) in [6, 6.07) is 20.0. The zero-order valence-electron chi connectivity index (χ0n) is 14.3. The summed E-state index contributed by atoms with van der Waals surface area (Å²) >= 11 is 0. The highest BCUT2D eigenvalue weighted by atomic mass is 16.5. The van der Waals surface area contributed by atoms with Crippen molar-refractivity contribution in [2.45, 2.75) is 38.0 Å². The van der Waals surface area contributed by atoms with E-state index in [1.807, 2.05) is 0 Å². The van der Waals surface area contributed by atoms with Gasteiger partial charge in [-0.25, -0.2) is 0 Å². The first-order valence-corrected chi connectivity index (χ1v) is 9.14. The molecule has 2 bridgehead atoms. The SMILES string of the molecule is CC1=C2COC[C@]23CC[C@](c2ccccc2-c2ccccc2)(C1)C3. The zero-order chi connectivity index (χ0) is 16.2. The highest BCUT2D eigenvalue weighted by molar-refractivity contribution is 5.69. The van der Waals surface area contributed by atoms with Crippen LogP contribution in [0.2, 0.25) is 0 Å². The Labute approximate surface area is 144 Å². The number of hydrogen-bond acceptors (Lipinski definition) is 1. The van der Waals surface area contributed by atoms with E-state index in [0.717, 1.165) is 13.2 Å². The molecule has 0 amide bonds. The molecule has 5 rings (SSSR count). The number of hydrogen-bond donors (Lipinski definition) is 0. The first-order chi connectivity index (χ1) is 11.7. The second-order valence-corrected chi connectivity index (χ2v) is 8.08. The largest absolute Gasteiger partial charge is 0.376 e. The van der Waals surface area contributed by atoms with Gasteiger partial charge in [0.25, 0.3) is 0 Å². The molecular weight excluding hydrogens is 292 g/mol. The Kier molecular flexibility index (Phi) is 3.06. The van der Waals surface area contributed by atoms with Crippen molar-refractivity contribution in [1.29, 1.82) is 0 Å². The summed E-state index contributed by atoms with van der Waals surface area (Å²) in [5.41, 5.74) is 8.19. The highest BCUT2D eigenvalue weighted by Gasteiger charge is 2.56. The highest BCUT2D eigenvalue weighted by Crippen LogP contribution is 2.63. The van der Waals surface area contributed by atoms with Gasteiger partial charge in [0, 0.05) is 10.8 Å². The lowest BCUT2D eigenvalue weighted by Crippen LogP contribution is -2.33. The molecule has 122 valence electrons. The van der Waals surface area contributed by atoms with E-state index in [9.17, 15) is 0 Å². The molecule has 1 saturated carbocycles. The maximum Gasteiger partial charge on any atom is 0.0686 e. The minimum absolute atomic E-state index is 0.299. The van der Waals surface area contributed by atoms with Gasteiger partial charge < -0.3 is 4.74 Å². The standard InChI is InChI=1S/C23H24O/c1-17-13-22(11-12-23(15-22)16-24-14-21(17)23)20-10-6-5-9-19(20)18-7-3-2-4-8-18/h2-10H,11-16H2,1H3/t22-,23+/m0/s1. The molecule has 2 fully saturated rings. The van der Waals surface area contributed by atoms with E-state index in [1.54, 1.807) is 16.7 Å². The first-order valence-electron chi connectivity index (χ1n) is 9.14. The fourth-order valence-electron chi connectivity index (χ4n) is 5.75. The van der Waals surface area contributed by atoms with Crippen molar-refractivity contribution in [2.75, 3.05) is 13.2 Å². The third kappa shape index (κ3) is 1.91. The molecule has 1 heteroatoms. The van der Waals surface area contributed by atoms with Crippen molar-refractivity contribution in [3.8, 4) is 11.1 Å². The normalized spacial score (nSPS) is 31.4. The van der Waals surface area contributed by atoms with Gasteiger partial charge in [0.1, 0.15) is 0 Å². The number of allylic oxidation sites excluding steroid dienone is 1. The second-order valence-electron chi connectivity index (χ2n) is 8.08. The quantitative estimate of drug-likeness (QED) is 0.664. The molecule has 1 nitrogen and oxygen atoms in total. The number of benzene rings is 2. The Balaban J connectivity index is 1.66. The molecular formula is C23H24O. The Morgan fingerprint density at radius 1 is 0.875 bits per heavy atom. The van der Waals surface area contributed by atoms with Crippen LogP contribution in [0.1, 0.15) is 38.2 Å². The summed E-state index contributed by atoms with van der Waals surface area (Å²) in [5, 5.41) is 0. The van der Waals surface area contributed by atoms with Gasteiger partial charge in [0.2, 0.25) is 0 Å². The molecule has 1 aliphatic heterocycles. The fourth-order valence-corrected chi connectivity index (χ4v) is 5.75. The summed E-state index contributed by atoms with van der Waals surface area (Å²) in [6.07, 6.45) is 5.07. The van der Waals surface area contributed by atoms with Gasteiger partial charge in [-0.15, -0.1) is 0 Å². The second kappa shape index (κ2) is 5.07. The third-order valence-corrected chi connectivity index (χ3v) is 6.73. The van der Waals surface area contributed by atoms with Crippen LogP contribution >= 0.6 is 0 Å². The smallest absolute Gasteiger partial charge is 0.0686 e. The summed E-state index contributed by atoms with van der Waals surface area (Å²) in [7, 11) is 0. The van der Waals surface area contributed by atoms with Crippen LogP contribution in [-0.2, 0) is 10.2 Å². The van der Waals surface area contributed by atoms with Gasteiger partial charge in [0.15, 0.2) is 0 Å². The van der Waals surface area contributed by atoms with Gasteiger partial charge >= 0.3 is 0 Å². The van der Waals surface area contributed by atoms with Crippen LogP contribution in [0.25, 0.3) is 11.1 Å². The number of ether oxygens (including phenoxy) is 1. The van der Waals surface area contributed by atoms with Gasteiger partial charge in [-0.1, -0.05) is 60.2 Å². The molecule has 2 aliphatic carbocycles. The van der Waals surface area contributed by atoms with Crippen LogP contribution in [0.3, 0.4) is 0 Å². The van der Waals surface area contributed by atoms with E-state index in [0.29, 0.717) is 10.8 Å². The topological polar surface area (TPSA) is 9.23 Å². The molecule has 3 aliphatic rings. The molecule has 24 heavy (non-hydrogen) atoms. The molecule has 2 aromatic carbocycles. The summed E-state index contributed by atoms with van der Waals surface area (Å²) in [6.45, 7) is 4.17. The number of rotatable bonds is 2. The van der Waals surface area contributed by atoms with Crippen molar-refractivity contribution in [1.82, 2.24) is 0 Å². The summed E-state index contributed by atoms with van der Waals surface area (Å²) in [4.78, 5) is 0. The lowest BCUT2D eigenvalue weighted by Gasteiger charge is -2.39. The van der Waals surface area contributed by atoms with Crippen LogP contribution in [0, 0.1) is 5.41 Å². The van der Waals surface area contributed by atoms with Gasteiger partial charge in [-0.05, 0) is 54.9 Å². The van der Waals surface area contributed by atoms with Gasteiger partial charge in [0.05, 0.1) is 13.2 Å². The monoisotopic (exact) mass is 316 g/mol. The van der Waals surface area contributed by atoms with Crippen molar-refractivity contribution >= 4 is 0 Å². The van der Waals surface area contributed by atoms with Crippen molar-refractivity contribution in [3.05, 3.63) is 71.3 Å². The average Bonchev–Trinajstić information content (AvgIpc) is 3.19. The lowest BCUT2D eigenvalue weighted by atomic mass is 9.63. The zero-order valence-corrected chi connectivity index (χ0v) is 14.3. The van der Waals surface area contributed by atoms with E-state index >= 15 is 0 Å². The molecule has 1 saturated heterocycles. The van der Waals surface area contributed by atoms with Crippen molar-refractivity contribution in [3.63, 3.8) is 0 Å². The Bertz CT molecular complexity index is 819. The molecule has 1 heterocycles. The van der Waals surface area contributed by atoms with E-state index in [1.165, 1.54) is 36.8 Å². The predicted molar refractivity (Wildman–Crippen MR) is 98.0 cm³/mol. The fraction of sp³-hybridized carbons (Fsp3) is 0.391. The molecule has 0 unspecified atom stereocenters. The summed E-state index contributed by atoms with van der Waals surface area (Å²) < 4.78 is 5.92. The van der Waals surface area contributed by atoms with Gasteiger partial charge in [-0.3, -0.25) is 0 Å². The molecule has 0 aromatic heterocycles. The van der Waals surface area contributed by atoms with Crippen LogP contribution in [0.5, 0.6) is 0 Å². The van der Waals surface area contributed by atoms with Crippen LogP contribution in [-0.4, -0.2) is 13.2 Å². The Hall–Kier alpha value is -1.86. The van der Waals surface area contributed by atoms with Crippen LogP contribution in [0.15, 0.2) is 65.7 Å². The minimum atomic E-state index is 0.299. The first kappa shape index (κ1) is 14.5. The maximum atomic E-state index is 5.92. The minimum Gasteiger partial charge on any atom is -0.376 e. The van der Waals surface area contributed by atoms with Crippen LogP contribution < -0.4 is 0 Å². The maximum absolute atomic E-state index is 5.92. The van der Waals surface area contributed by atoms with E-state index in [2.05, 4.69) is 61.5 Å². The van der Waals surface area contributed by atoms with E-state index < -0.39 is 0 Å². The summed E-state index contributed by atoms with van der Waals surface area (Å²) in [5.74, 6) is 0. The lowest BCUT2D eigenvalue weighted by molar-refractivity contribution is 0.150. The van der Waals surface area contributed by atoms with Crippen molar-refractivity contribution in [2.24, 2.45) is 5.41 Å². The van der Waals surface area contributed by atoms with Gasteiger partial charge in [-0.2, -0.15) is 0 Å². The number of fused-ring (bicyclic) bond motifs is 1. The molecule has 1 spiro atoms.